The summed E-state index contributed by atoms with van der Waals surface area (Å²) < 4.78 is 2.37. The molecular formula is C34H32N2. The predicted molar refractivity (Wildman–Crippen MR) is 152 cm³/mol. The van der Waals surface area contributed by atoms with Gasteiger partial charge in [0.05, 0.1) is 11.0 Å². The average Bonchev–Trinajstić information content (AvgIpc) is 3.46. The minimum atomic E-state index is 0.0866. The average molecular weight is 469 g/mol. The van der Waals surface area contributed by atoms with E-state index in [1.165, 1.54) is 44.5 Å². The van der Waals surface area contributed by atoms with Gasteiger partial charge in [-0.2, -0.15) is 0 Å². The Kier molecular flexibility index (Phi) is 5.41. The fourth-order valence-electron chi connectivity index (χ4n) is 5.15. The second kappa shape index (κ2) is 8.64. The molecule has 1 aliphatic rings. The fraction of sp³-hybridized carbons (Fsp3) is 0.206. The number of rotatable bonds is 4. The van der Waals surface area contributed by atoms with Crippen molar-refractivity contribution in [3.63, 3.8) is 0 Å². The van der Waals surface area contributed by atoms with Gasteiger partial charge in [0.1, 0.15) is 5.82 Å². The zero-order valence-electron chi connectivity index (χ0n) is 21.5. The lowest BCUT2D eigenvalue weighted by Crippen LogP contribution is -2.10. The van der Waals surface area contributed by atoms with Crippen LogP contribution in [0.2, 0.25) is 0 Å². The Balaban J connectivity index is 1.41. The zero-order chi connectivity index (χ0) is 24.9. The van der Waals surface area contributed by atoms with E-state index < -0.39 is 0 Å². The number of hydrogen-bond acceptors (Lipinski definition) is 1. The third-order valence-corrected chi connectivity index (χ3v) is 7.36. The maximum Gasteiger partial charge on any atom is 0.141 e. The molecule has 0 fully saturated rings. The molecule has 0 unspecified atom stereocenters. The van der Waals surface area contributed by atoms with E-state index >= 15 is 0 Å². The number of nitrogens with zero attached hydrogens (tertiary/aromatic N) is 2. The lowest BCUT2D eigenvalue weighted by molar-refractivity contribution is 0.591. The number of fused-ring (bicyclic) bond motifs is 2. The molecule has 0 aliphatic heterocycles. The Hall–Kier alpha value is -3.91. The minimum Gasteiger partial charge on any atom is -0.319 e. The molecule has 36 heavy (non-hydrogen) atoms. The molecule has 5 aromatic rings. The van der Waals surface area contributed by atoms with Gasteiger partial charge in [-0.3, -0.25) is 0 Å². The Morgan fingerprint density at radius 1 is 0.806 bits per heavy atom. The van der Waals surface area contributed by atoms with Crippen molar-refractivity contribution in [1.29, 1.82) is 0 Å². The SMILES string of the molecule is Cc1ccc(Cn2c(-c3ccc(C4=Cc5ccccc5C4)cc3)nc3cc(C(C)(C)C)ccc32)cc1. The molecule has 0 radical (unpaired) electrons. The molecule has 0 amide bonds. The first-order valence-corrected chi connectivity index (χ1v) is 12.8. The van der Waals surface area contributed by atoms with Crippen molar-refractivity contribution in [2.75, 3.05) is 0 Å². The molecule has 1 heterocycles. The van der Waals surface area contributed by atoms with Crippen LogP contribution in [0.1, 0.15) is 54.2 Å². The van der Waals surface area contributed by atoms with Crippen molar-refractivity contribution in [3.05, 3.63) is 124 Å². The number of allylic oxidation sites excluding steroid dienone is 1. The molecule has 6 rings (SSSR count). The highest BCUT2D eigenvalue weighted by Gasteiger charge is 2.19. The van der Waals surface area contributed by atoms with E-state index in [0.29, 0.717) is 0 Å². The molecule has 0 saturated carbocycles. The van der Waals surface area contributed by atoms with Crippen LogP contribution < -0.4 is 0 Å². The molecule has 0 saturated heterocycles. The molecule has 2 nitrogen and oxygen atoms in total. The number of aromatic nitrogens is 2. The van der Waals surface area contributed by atoms with E-state index in [1.807, 2.05) is 0 Å². The topological polar surface area (TPSA) is 17.8 Å². The highest BCUT2D eigenvalue weighted by molar-refractivity contribution is 5.89. The summed E-state index contributed by atoms with van der Waals surface area (Å²) in [7, 11) is 0. The third kappa shape index (κ3) is 4.18. The highest BCUT2D eigenvalue weighted by atomic mass is 15.1. The molecule has 178 valence electrons. The smallest absolute Gasteiger partial charge is 0.141 e. The van der Waals surface area contributed by atoms with Crippen LogP contribution in [0.5, 0.6) is 0 Å². The number of hydrogen-bond donors (Lipinski definition) is 0. The predicted octanol–water partition coefficient (Wildman–Crippen LogP) is 8.45. The molecule has 4 aromatic carbocycles. The van der Waals surface area contributed by atoms with Gasteiger partial charge in [0.15, 0.2) is 0 Å². The van der Waals surface area contributed by atoms with Crippen molar-refractivity contribution < 1.29 is 0 Å². The molecule has 0 spiro atoms. The molecule has 2 heteroatoms. The standard InChI is InChI=1S/C34H32N2/c1-23-9-11-24(12-10-23)22-36-32-18-17-30(34(2,3)4)21-31(32)35-33(36)26-15-13-25(14-16-26)29-19-27-7-5-6-8-28(27)20-29/h5-19,21H,20,22H2,1-4H3. The summed E-state index contributed by atoms with van der Waals surface area (Å²) in [4.78, 5) is 5.18. The van der Waals surface area contributed by atoms with Crippen molar-refractivity contribution in [2.45, 2.75) is 46.1 Å². The Labute approximate surface area is 214 Å². The Morgan fingerprint density at radius 2 is 1.53 bits per heavy atom. The van der Waals surface area contributed by atoms with Crippen LogP contribution in [0, 0.1) is 6.92 Å². The normalized spacial score (nSPS) is 13.2. The first-order valence-electron chi connectivity index (χ1n) is 12.8. The van der Waals surface area contributed by atoms with E-state index in [4.69, 9.17) is 4.98 Å². The molecule has 1 aromatic heterocycles. The second-order valence-electron chi connectivity index (χ2n) is 11.1. The molecule has 0 N–H and O–H groups in total. The van der Waals surface area contributed by atoms with Gasteiger partial charge in [-0.1, -0.05) is 111 Å². The Bertz CT molecular complexity index is 1590. The van der Waals surface area contributed by atoms with Crippen LogP contribution >= 0.6 is 0 Å². The molecule has 0 bridgehead atoms. The zero-order valence-corrected chi connectivity index (χ0v) is 21.5. The Morgan fingerprint density at radius 3 is 2.25 bits per heavy atom. The van der Waals surface area contributed by atoms with Gasteiger partial charge < -0.3 is 4.57 Å². The lowest BCUT2D eigenvalue weighted by Gasteiger charge is -2.18. The second-order valence-corrected chi connectivity index (χ2v) is 11.1. The van der Waals surface area contributed by atoms with E-state index in [-0.39, 0.29) is 5.41 Å². The maximum atomic E-state index is 5.18. The largest absolute Gasteiger partial charge is 0.319 e. The van der Waals surface area contributed by atoms with Gasteiger partial charge in [-0.25, -0.2) is 4.98 Å². The highest BCUT2D eigenvalue weighted by Crippen LogP contribution is 2.34. The van der Waals surface area contributed by atoms with Gasteiger partial charge in [0.25, 0.3) is 0 Å². The number of imidazole rings is 1. The van der Waals surface area contributed by atoms with E-state index in [9.17, 15) is 0 Å². The summed E-state index contributed by atoms with van der Waals surface area (Å²) >= 11 is 0. The first-order chi connectivity index (χ1) is 17.3. The van der Waals surface area contributed by atoms with Crippen LogP contribution in [0.25, 0.3) is 34.1 Å². The van der Waals surface area contributed by atoms with Gasteiger partial charge in [-0.05, 0) is 64.3 Å². The third-order valence-electron chi connectivity index (χ3n) is 7.36. The van der Waals surface area contributed by atoms with Crippen LogP contribution in [0.3, 0.4) is 0 Å². The summed E-state index contributed by atoms with van der Waals surface area (Å²) in [6.45, 7) is 9.70. The van der Waals surface area contributed by atoms with Crippen LogP contribution in [0.4, 0.5) is 0 Å². The first kappa shape index (κ1) is 22.5. The summed E-state index contributed by atoms with van der Waals surface area (Å²) in [6.07, 6.45) is 3.32. The van der Waals surface area contributed by atoms with Crippen molar-refractivity contribution in [1.82, 2.24) is 9.55 Å². The van der Waals surface area contributed by atoms with Crippen LogP contribution in [-0.2, 0) is 18.4 Å². The molecule has 0 atom stereocenters. The van der Waals surface area contributed by atoms with Gasteiger partial charge in [0, 0.05) is 12.1 Å². The van der Waals surface area contributed by atoms with Crippen molar-refractivity contribution >= 4 is 22.7 Å². The van der Waals surface area contributed by atoms with Gasteiger partial charge in [-0.15, -0.1) is 0 Å². The van der Waals surface area contributed by atoms with Crippen LogP contribution in [0.15, 0.2) is 91.0 Å². The van der Waals surface area contributed by atoms with Crippen molar-refractivity contribution in [3.8, 4) is 11.4 Å². The van der Waals surface area contributed by atoms with Crippen molar-refractivity contribution in [2.24, 2.45) is 0 Å². The summed E-state index contributed by atoms with van der Waals surface area (Å²) in [5, 5.41) is 0. The lowest BCUT2D eigenvalue weighted by atomic mass is 9.87. The summed E-state index contributed by atoms with van der Waals surface area (Å²) in [5.41, 5.74) is 12.8. The van der Waals surface area contributed by atoms with E-state index in [1.54, 1.807) is 0 Å². The maximum absolute atomic E-state index is 5.18. The monoisotopic (exact) mass is 468 g/mol. The number of aryl methyl sites for hydroxylation is 1. The van der Waals surface area contributed by atoms with Gasteiger partial charge >= 0.3 is 0 Å². The summed E-state index contributed by atoms with van der Waals surface area (Å²) in [6, 6.07) is 33.2. The van der Waals surface area contributed by atoms with Gasteiger partial charge in [0.2, 0.25) is 0 Å². The molecule has 1 aliphatic carbocycles. The van der Waals surface area contributed by atoms with Crippen LogP contribution in [-0.4, -0.2) is 9.55 Å². The fourth-order valence-corrected chi connectivity index (χ4v) is 5.15. The molecular weight excluding hydrogens is 436 g/mol. The van der Waals surface area contributed by atoms with E-state index in [0.717, 1.165) is 29.9 Å². The number of benzene rings is 4. The summed E-state index contributed by atoms with van der Waals surface area (Å²) in [5.74, 6) is 1.02. The quantitative estimate of drug-likeness (QED) is 0.259. The minimum absolute atomic E-state index is 0.0866. The van der Waals surface area contributed by atoms with E-state index in [2.05, 4.69) is 129 Å².